The second-order valence-electron chi connectivity index (χ2n) is 9.49. The number of anilines is 3. The lowest BCUT2D eigenvalue weighted by Crippen LogP contribution is -2.38. The van der Waals surface area contributed by atoms with Crippen LogP contribution < -0.4 is 14.3 Å². The fourth-order valence-electron chi connectivity index (χ4n) is 3.95. The maximum atomic E-state index is 13.6. The number of rotatable bonds is 9. The molecule has 4 aromatic carbocycles. The summed E-state index contributed by atoms with van der Waals surface area (Å²) < 4.78 is 94.7. The van der Waals surface area contributed by atoms with Gasteiger partial charge in [-0.3, -0.25) is 13.8 Å². The summed E-state index contributed by atoms with van der Waals surface area (Å²) in [5.41, 5.74) is 0.862. The molecule has 14 heteroatoms. The normalized spacial score (nSPS) is 12.0. The fraction of sp³-hybridized carbons (Fsp3) is 0.138. The molecule has 226 valence electrons. The first kappa shape index (κ1) is 31.9. The van der Waals surface area contributed by atoms with Crippen LogP contribution in [-0.2, 0) is 31.0 Å². The predicted molar refractivity (Wildman–Crippen MR) is 159 cm³/mol. The molecule has 4 rings (SSSR count). The summed E-state index contributed by atoms with van der Waals surface area (Å²) >= 11 is 5.92. The molecule has 0 bridgehead atoms. The van der Waals surface area contributed by atoms with Gasteiger partial charge in [0.25, 0.3) is 20.0 Å². The molecule has 8 nitrogen and oxygen atoms in total. The highest BCUT2D eigenvalue weighted by Gasteiger charge is 2.31. The number of alkyl halides is 3. The molecular weight excluding hydrogens is 627 g/mol. The minimum absolute atomic E-state index is 0.0780. The lowest BCUT2D eigenvalue weighted by molar-refractivity contribution is -0.137. The van der Waals surface area contributed by atoms with Gasteiger partial charge in [-0.15, -0.1) is 0 Å². The first-order valence-corrected chi connectivity index (χ1v) is 15.8. The summed E-state index contributed by atoms with van der Waals surface area (Å²) in [7, 11) is -8.46. The zero-order valence-electron chi connectivity index (χ0n) is 22.7. The molecule has 0 spiro atoms. The molecule has 43 heavy (non-hydrogen) atoms. The molecule has 4 aromatic rings. The third-order valence-corrected chi connectivity index (χ3v) is 9.80. The zero-order valence-corrected chi connectivity index (χ0v) is 25.1. The van der Waals surface area contributed by atoms with Crippen molar-refractivity contribution in [2.45, 2.75) is 29.8 Å². The highest BCUT2D eigenvalue weighted by molar-refractivity contribution is 7.93. The molecule has 0 saturated heterocycles. The first-order valence-electron chi connectivity index (χ1n) is 12.5. The van der Waals surface area contributed by atoms with Gasteiger partial charge in [0.2, 0.25) is 5.91 Å². The van der Waals surface area contributed by atoms with Gasteiger partial charge in [0.05, 0.1) is 21.0 Å². The van der Waals surface area contributed by atoms with Crippen molar-refractivity contribution in [3.8, 4) is 0 Å². The number of hydrogen-bond donors (Lipinski definition) is 2. The van der Waals surface area contributed by atoms with E-state index in [4.69, 9.17) is 11.6 Å². The maximum absolute atomic E-state index is 13.6. The van der Waals surface area contributed by atoms with Crippen molar-refractivity contribution < 1.29 is 34.8 Å². The van der Waals surface area contributed by atoms with Gasteiger partial charge < -0.3 is 5.32 Å². The largest absolute Gasteiger partial charge is 0.416 e. The molecule has 0 atom stereocenters. The average molecular weight is 652 g/mol. The molecule has 0 aliphatic rings. The van der Waals surface area contributed by atoms with Gasteiger partial charge in [0.15, 0.2) is 0 Å². The van der Waals surface area contributed by atoms with Crippen LogP contribution in [0, 0.1) is 13.8 Å². The smallest absolute Gasteiger partial charge is 0.325 e. The Morgan fingerprint density at radius 1 is 0.791 bits per heavy atom. The Hall–Kier alpha value is -4.07. The zero-order chi connectivity index (χ0) is 31.6. The Morgan fingerprint density at radius 2 is 1.42 bits per heavy atom. The van der Waals surface area contributed by atoms with E-state index in [1.165, 1.54) is 42.5 Å². The molecule has 0 unspecified atom stereocenters. The van der Waals surface area contributed by atoms with Gasteiger partial charge in [0.1, 0.15) is 6.54 Å². The van der Waals surface area contributed by atoms with Crippen LogP contribution in [-0.4, -0.2) is 29.3 Å². The number of carbonyl (C=O) groups excluding carboxylic acids is 1. The molecule has 0 fully saturated rings. The van der Waals surface area contributed by atoms with E-state index in [0.29, 0.717) is 11.1 Å². The van der Waals surface area contributed by atoms with E-state index >= 15 is 0 Å². The summed E-state index contributed by atoms with van der Waals surface area (Å²) in [5.74, 6) is -0.714. The number of amides is 1. The molecule has 0 saturated carbocycles. The Morgan fingerprint density at radius 3 is 2.02 bits per heavy atom. The van der Waals surface area contributed by atoms with Gasteiger partial charge >= 0.3 is 6.18 Å². The summed E-state index contributed by atoms with van der Waals surface area (Å²) in [6, 6.07) is 19.1. The monoisotopic (exact) mass is 651 g/mol. The molecule has 2 N–H and O–H groups in total. The van der Waals surface area contributed by atoms with Crippen molar-refractivity contribution >= 4 is 54.6 Å². The molecule has 1 amide bonds. The van der Waals surface area contributed by atoms with Crippen molar-refractivity contribution in [2.75, 3.05) is 20.9 Å². The number of carbonyl (C=O) groups is 1. The number of nitrogens with one attached hydrogen (secondary N) is 2. The van der Waals surface area contributed by atoms with Crippen LogP contribution in [0.15, 0.2) is 101 Å². The van der Waals surface area contributed by atoms with Crippen LogP contribution in [0.5, 0.6) is 0 Å². The molecule has 0 aliphatic heterocycles. The molecule has 0 radical (unpaired) electrons. The second-order valence-corrected chi connectivity index (χ2v) is 13.5. The molecule has 0 aromatic heterocycles. The van der Waals surface area contributed by atoms with Crippen molar-refractivity contribution in [1.29, 1.82) is 0 Å². The van der Waals surface area contributed by atoms with Crippen molar-refractivity contribution in [1.82, 2.24) is 0 Å². The standard InChI is InChI=1S/C29H25ClF3N3O5S2/c1-19-6-11-25(16-20(19)2)36(43(40,41)27-12-7-22(30)8-13-27)18-28(37)34-23-9-14-26(15-10-23)42(38,39)35-24-5-3-4-21(17-24)29(31,32)33/h3-17,35H,18H2,1-2H3,(H,34,37). The summed E-state index contributed by atoms with van der Waals surface area (Å²) in [4.78, 5) is 12.7. The first-order chi connectivity index (χ1) is 20.1. The van der Waals surface area contributed by atoms with Crippen molar-refractivity contribution in [3.05, 3.63) is 113 Å². The van der Waals surface area contributed by atoms with E-state index in [2.05, 4.69) is 10.0 Å². The topological polar surface area (TPSA) is 113 Å². The van der Waals surface area contributed by atoms with Crippen LogP contribution in [0.3, 0.4) is 0 Å². The SMILES string of the molecule is Cc1ccc(N(CC(=O)Nc2ccc(S(=O)(=O)Nc3cccc(C(F)(F)F)c3)cc2)S(=O)(=O)c2ccc(Cl)cc2)cc1C. The summed E-state index contributed by atoms with van der Waals surface area (Å²) in [5, 5.41) is 2.88. The predicted octanol–water partition coefficient (Wildman–Crippen LogP) is 6.61. The number of hydrogen-bond acceptors (Lipinski definition) is 5. The number of sulfonamides is 2. The van der Waals surface area contributed by atoms with Crippen molar-refractivity contribution in [2.24, 2.45) is 0 Å². The quantitative estimate of drug-likeness (QED) is 0.212. The Balaban J connectivity index is 1.53. The Kier molecular flexibility index (Phi) is 9.09. The van der Waals surface area contributed by atoms with Crippen LogP contribution >= 0.6 is 11.6 Å². The van der Waals surface area contributed by atoms with Gasteiger partial charge in [-0.05, 0) is 104 Å². The van der Waals surface area contributed by atoms with E-state index in [0.717, 1.165) is 39.7 Å². The van der Waals surface area contributed by atoms with Gasteiger partial charge in [0, 0.05) is 16.4 Å². The highest BCUT2D eigenvalue weighted by Crippen LogP contribution is 2.31. The van der Waals surface area contributed by atoms with Crippen LogP contribution in [0.1, 0.15) is 16.7 Å². The van der Waals surface area contributed by atoms with Gasteiger partial charge in [-0.1, -0.05) is 23.7 Å². The van der Waals surface area contributed by atoms with E-state index in [1.54, 1.807) is 18.2 Å². The lowest BCUT2D eigenvalue weighted by Gasteiger charge is -2.25. The number of benzene rings is 4. The maximum Gasteiger partial charge on any atom is 0.416 e. The minimum atomic E-state index is -4.65. The third kappa shape index (κ3) is 7.66. The van der Waals surface area contributed by atoms with Gasteiger partial charge in [-0.2, -0.15) is 13.2 Å². The van der Waals surface area contributed by atoms with Crippen molar-refractivity contribution in [3.63, 3.8) is 0 Å². The Bertz CT molecular complexity index is 1870. The van der Waals surface area contributed by atoms with Crippen LogP contribution in [0.25, 0.3) is 0 Å². The van der Waals surface area contributed by atoms with Crippen LogP contribution in [0.2, 0.25) is 5.02 Å². The van der Waals surface area contributed by atoms with E-state index in [1.807, 2.05) is 13.8 Å². The average Bonchev–Trinajstić information content (AvgIpc) is 2.93. The van der Waals surface area contributed by atoms with E-state index < -0.39 is 44.2 Å². The number of nitrogens with zero attached hydrogens (tertiary/aromatic N) is 1. The highest BCUT2D eigenvalue weighted by atomic mass is 35.5. The van der Waals surface area contributed by atoms with E-state index in [9.17, 15) is 34.8 Å². The van der Waals surface area contributed by atoms with Crippen LogP contribution in [0.4, 0.5) is 30.2 Å². The molecule has 0 aliphatic carbocycles. The second kappa shape index (κ2) is 12.3. The van der Waals surface area contributed by atoms with E-state index in [-0.39, 0.29) is 26.9 Å². The lowest BCUT2D eigenvalue weighted by atomic mass is 10.1. The summed E-state index contributed by atoms with van der Waals surface area (Å²) in [6.45, 7) is 3.07. The third-order valence-electron chi connectivity index (χ3n) is 6.36. The Labute approximate surface area is 252 Å². The number of aryl methyl sites for hydroxylation is 2. The molecular formula is C29H25ClF3N3O5S2. The fourth-order valence-corrected chi connectivity index (χ4v) is 6.54. The van der Waals surface area contributed by atoms with Gasteiger partial charge in [-0.25, -0.2) is 16.8 Å². The molecule has 0 heterocycles. The number of halogens is 4. The minimum Gasteiger partial charge on any atom is -0.325 e. The summed E-state index contributed by atoms with van der Waals surface area (Å²) in [6.07, 6.45) is -4.65.